The highest BCUT2D eigenvalue weighted by Crippen LogP contribution is 2.44. The van der Waals surface area contributed by atoms with Crippen molar-refractivity contribution in [3.63, 3.8) is 0 Å². The third-order valence-corrected chi connectivity index (χ3v) is 7.63. The fraction of sp³-hybridized carbons (Fsp3) is 0.484. The van der Waals surface area contributed by atoms with E-state index in [0.29, 0.717) is 53.5 Å². The van der Waals surface area contributed by atoms with E-state index in [4.69, 9.17) is 18.9 Å². The van der Waals surface area contributed by atoms with Crippen LogP contribution in [-0.2, 0) is 16.1 Å². The van der Waals surface area contributed by atoms with Gasteiger partial charge in [0.15, 0.2) is 0 Å². The quantitative estimate of drug-likeness (QED) is 0.290. The van der Waals surface area contributed by atoms with Gasteiger partial charge in [0.1, 0.15) is 35.9 Å². The van der Waals surface area contributed by atoms with Crippen molar-refractivity contribution in [3.05, 3.63) is 59.9 Å². The molecule has 2 unspecified atom stereocenters. The predicted octanol–water partition coefficient (Wildman–Crippen LogP) is 5.82. The minimum Gasteiger partial charge on any atom is -0.497 e. The lowest BCUT2D eigenvalue weighted by atomic mass is 9.89. The lowest BCUT2D eigenvalue weighted by Gasteiger charge is -2.35. The molecule has 10 heteroatoms. The lowest BCUT2D eigenvalue weighted by Crippen LogP contribution is -2.36. The number of ether oxygens (including phenoxy) is 4. The van der Waals surface area contributed by atoms with Crippen molar-refractivity contribution in [1.82, 2.24) is 15.0 Å². The summed E-state index contributed by atoms with van der Waals surface area (Å²) in [6.45, 7) is 5.39. The monoisotopic (exact) mass is 565 g/mol. The Morgan fingerprint density at radius 3 is 2.71 bits per heavy atom. The predicted molar refractivity (Wildman–Crippen MR) is 149 cm³/mol. The molecule has 1 saturated heterocycles. The van der Waals surface area contributed by atoms with Gasteiger partial charge in [-0.25, -0.2) is 14.4 Å². The molecule has 2 aliphatic rings. The highest BCUT2D eigenvalue weighted by atomic mass is 19.1. The number of rotatable bonds is 12. The standard InChI is InChI=1S/C31H36FN3O6/c1-31(2)14-19(8-9-41-31)16-39-27-10-20(15-33-30(27)24-11-22(38-3)6-7-25(24)32)17-40-28-13-26(34-18-35-28)23(12-29(36)37)21-4-5-21/h6-7,10-11,13,15,18-19,21,23H,4-5,8-9,12,14,16-17H2,1-3H3,(H,36,37). The van der Waals surface area contributed by atoms with Crippen molar-refractivity contribution in [2.75, 3.05) is 20.3 Å². The molecule has 1 N–H and O–H groups in total. The van der Waals surface area contributed by atoms with E-state index in [1.54, 1.807) is 24.4 Å². The lowest BCUT2D eigenvalue weighted by molar-refractivity contribution is -0.137. The van der Waals surface area contributed by atoms with Crippen LogP contribution < -0.4 is 14.2 Å². The average Bonchev–Trinajstić information content (AvgIpc) is 3.79. The van der Waals surface area contributed by atoms with Crippen molar-refractivity contribution in [1.29, 1.82) is 0 Å². The van der Waals surface area contributed by atoms with Gasteiger partial charge in [-0.05, 0) is 75.6 Å². The number of methoxy groups -OCH3 is 1. The largest absolute Gasteiger partial charge is 0.497 e. The van der Waals surface area contributed by atoms with Gasteiger partial charge in [0.05, 0.1) is 31.4 Å². The van der Waals surface area contributed by atoms with E-state index in [0.717, 1.165) is 25.7 Å². The highest BCUT2D eigenvalue weighted by Gasteiger charge is 2.35. The molecule has 3 heterocycles. The summed E-state index contributed by atoms with van der Waals surface area (Å²) in [5.41, 5.74) is 1.82. The second-order valence-electron chi connectivity index (χ2n) is 11.4. The minimum absolute atomic E-state index is 0.0261. The van der Waals surface area contributed by atoms with Gasteiger partial charge in [0.2, 0.25) is 5.88 Å². The van der Waals surface area contributed by atoms with Crippen LogP contribution in [0.15, 0.2) is 42.9 Å². The molecule has 2 atom stereocenters. The summed E-state index contributed by atoms with van der Waals surface area (Å²) in [4.78, 5) is 24.5. The molecule has 0 radical (unpaired) electrons. The molecule has 41 heavy (non-hydrogen) atoms. The first-order chi connectivity index (χ1) is 19.7. The van der Waals surface area contributed by atoms with Crippen LogP contribution in [0.4, 0.5) is 4.39 Å². The summed E-state index contributed by atoms with van der Waals surface area (Å²) in [5, 5.41) is 9.34. The minimum atomic E-state index is -0.849. The second kappa shape index (κ2) is 12.4. The smallest absolute Gasteiger partial charge is 0.304 e. The summed E-state index contributed by atoms with van der Waals surface area (Å²) < 4.78 is 38.4. The fourth-order valence-corrected chi connectivity index (χ4v) is 5.39. The zero-order valence-electron chi connectivity index (χ0n) is 23.6. The van der Waals surface area contributed by atoms with Gasteiger partial charge in [-0.2, -0.15) is 0 Å². The third kappa shape index (κ3) is 7.49. The topological polar surface area (TPSA) is 113 Å². The first kappa shape index (κ1) is 28.7. The fourth-order valence-electron chi connectivity index (χ4n) is 5.39. The van der Waals surface area contributed by atoms with Crippen molar-refractivity contribution in [3.8, 4) is 28.6 Å². The molecule has 218 valence electrons. The molecule has 2 aromatic heterocycles. The third-order valence-electron chi connectivity index (χ3n) is 7.63. The Morgan fingerprint density at radius 2 is 1.98 bits per heavy atom. The summed E-state index contributed by atoms with van der Waals surface area (Å²) >= 11 is 0. The van der Waals surface area contributed by atoms with Gasteiger partial charge in [0, 0.05) is 35.9 Å². The van der Waals surface area contributed by atoms with Gasteiger partial charge < -0.3 is 24.1 Å². The molecule has 3 aromatic rings. The summed E-state index contributed by atoms with van der Waals surface area (Å²) in [6, 6.07) is 8.04. The number of hydrogen-bond acceptors (Lipinski definition) is 8. The Hall–Kier alpha value is -3.79. The van der Waals surface area contributed by atoms with E-state index < -0.39 is 11.8 Å². The molecule has 0 amide bonds. The van der Waals surface area contributed by atoms with Crippen LogP contribution >= 0.6 is 0 Å². The van der Waals surface area contributed by atoms with Crippen LogP contribution in [0.1, 0.15) is 63.1 Å². The molecular formula is C31H36FN3O6. The van der Waals surface area contributed by atoms with E-state index in [1.807, 2.05) is 6.07 Å². The van der Waals surface area contributed by atoms with Gasteiger partial charge in [-0.1, -0.05) is 0 Å². The van der Waals surface area contributed by atoms with Gasteiger partial charge in [-0.3, -0.25) is 9.78 Å². The number of halogens is 1. The van der Waals surface area contributed by atoms with Crippen molar-refractivity contribution < 1.29 is 33.2 Å². The number of aliphatic carboxylic acids is 1. The number of carboxylic acid groups (broad SMARTS) is 1. The number of carboxylic acids is 1. The molecule has 2 fully saturated rings. The molecule has 1 aliphatic heterocycles. The maximum Gasteiger partial charge on any atom is 0.304 e. The highest BCUT2D eigenvalue weighted by molar-refractivity contribution is 5.69. The van der Waals surface area contributed by atoms with Crippen LogP contribution in [0.3, 0.4) is 0 Å². The summed E-state index contributed by atoms with van der Waals surface area (Å²) in [7, 11) is 1.53. The van der Waals surface area contributed by atoms with Crippen molar-refractivity contribution >= 4 is 5.97 Å². The molecule has 1 saturated carbocycles. The first-order valence-corrected chi connectivity index (χ1v) is 14.0. The zero-order chi connectivity index (χ0) is 29.0. The van der Waals surface area contributed by atoms with Crippen LogP contribution in [0.2, 0.25) is 0 Å². The Bertz CT molecular complexity index is 1380. The first-order valence-electron chi connectivity index (χ1n) is 14.0. The number of carbonyl (C=O) groups is 1. The molecular weight excluding hydrogens is 529 g/mol. The van der Waals surface area contributed by atoms with Gasteiger partial charge in [0.25, 0.3) is 0 Å². The average molecular weight is 566 g/mol. The van der Waals surface area contributed by atoms with E-state index >= 15 is 0 Å². The Morgan fingerprint density at radius 1 is 1.15 bits per heavy atom. The van der Waals surface area contributed by atoms with Crippen LogP contribution in [0.25, 0.3) is 11.3 Å². The molecule has 0 bridgehead atoms. The normalized spacial score (nSPS) is 18.9. The molecule has 9 nitrogen and oxygen atoms in total. The molecule has 5 rings (SSSR count). The molecule has 1 aliphatic carbocycles. The summed E-state index contributed by atoms with van der Waals surface area (Å²) in [5.74, 6) is 0.473. The SMILES string of the molecule is COc1ccc(F)c(-c2ncc(COc3cc(C(CC(=O)O)C4CC4)ncn3)cc2OCC2CCOC(C)(C)C2)c1. The maximum atomic E-state index is 14.9. The zero-order valence-corrected chi connectivity index (χ0v) is 23.6. The van der Waals surface area contributed by atoms with E-state index in [2.05, 4.69) is 28.8 Å². The van der Waals surface area contributed by atoms with Crippen LogP contribution in [-0.4, -0.2) is 52.0 Å². The number of nitrogens with zero attached hydrogens (tertiary/aromatic N) is 3. The van der Waals surface area contributed by atoms with Crippen molar-refractivity contribution in [2.45, 2.75) is 64.1 Å². The Kier molecular flexibility index (Phi) is 8.68. The second-order valence-corrected chi connectivity index (χ2v) is 11.4. The van der Waals surface area contributed by atoms with E-state index in [1.165, 1.54) is 19.5 Å². The Balaban J connectivity index is 1.36. The van der Waals surface area contributed by atoms with E-state index in [9.17, 15) is 14.3 Å². The summed E-state index contributed by atoms with van der Waals surface area (Å²) in [6.07, 6.45) is 6.78. The van der Waals surface area contributed by atoms with Gasteiger partial charge in [-0.15, -0.1) is 0 Å². The van der Waals surface area contributed by atoms with Gasteiger partial charge >= 0.3 is 5.97 Å². The van der Waals surface area contributed by atoms with Crippen LogP contribution in [0, 0.1) is 17.7 Å². The number of aromatic nitrogens is 3. The number of pyridine rings is 1. The number of hydrogen-bond donors (Lipinski definition) is 1. The number of benzene rings is 1. The maximum absolute atomic E-state index is 14.9. The molecule has 0 spiro atoms. The molecule has 1 aromatic carbocycles. The van der Waals surface area contributed by atoms with E-state index in [-0.39, 0.29) is 36.0 Å². The van der Waals surface area contributed by atoms with Crippen molar-refractivity contribution in [2.24, 2.45) is 11.8 Å². The van der Waals surface area contributed by atoms with Crippen LogP contribution in [0.5, 0.6) is 17.4 Å². The Labute approximate surface area is 239 Å².